The van der Waals surface area contributed by atoms with Gasteiger partial charge in [-0.2, -0.15) is 15.2 Å². The molecule has 3 aliphatic rings. The number of hydrogen-bond acceptors (Lipinski definition) is 8. The number of likely N-dealkylation sites (N-methyl/N-ethyl adjacent to an activating group) is 2. The Morgan fingerprint density at radius 2 is 1.82 bits per heavy atom. The Bertz CT molecular complexity index is 1420. The Morgan fingerprint density at radius 3 is 2.60 bits per heavy atom. The molecule has 9 heteroatoms. The maximum absolute atomic E-state index is 14.0. The third kappa shape index (κ3) is 5.18. The van der Waals surface area contributed by atoms with Gasteiger partial charge in [0.1, 0.15) is 18.6 Å². The molecule has 0 unspecified atom stereocenters. The Balaban J connectivity index is 1.33. The van der Waals surface area contributed by atoms with Gasteiger partial charge in [0.25, 0.3) is 0 Å². The second-order valence-electron chi connectivity index (χ2n) is 11.6. The standard InChI is InChI=1S/C31H38FN7O/c1-21-6-4-7-22-8-5-9-28(29(21)22)38-13-11-26-27(19-38)34-31(40-20-25-16-23(32)17-37(25)3)35-30(26)39-15-14-36(2)24(18-39)10-12-33/h4-9,23-25H,10-11,13-20H2,1-3H3/t23-,24+,25-/m1/s1. The normalized spacial score (nSPS) is 23.8. The third-order valence-corrected chi connectivity index (χ3v) is 8.90. The van der Waals surface area contributed by atoms with Crippen LogP contribution in [-0.4, -0.2) is 91.4 Å². The molecule has 2 aromatic carbocycles. The number of ether oxygens (including phenoxy) is 1. The largest absolute Gasteiger partial charge is 0.462 e. The highest BCUT2D eigenvalue weighted by molar-refractivity contribution is 5.97. The summed E-state index contributed by atoms with van der Waals surface area (Å²) >= 11 is 0. The number of nitrogens with zero attached hydrogens (tertiary/aromatic N) is 7. The molecule has 0 aliphatic carbocycles. The molecule has 3 atom stereocenters. The SMILES string of the molecule is Cc1cccc2cccc(N3CCc4c(nc(OC[C@H]5C[C@@H](F)CN5C)nc4N4CCN(C)[C@@H](CC#N)C4)C3)c12. The maximum atomic E-state index is 14.0. The van der Waals surface area contributed by atoms with E-state index in [1.807, 2.05) is 11.9 Å². The van der Waals surface area contributed by atoms with Gasteiger partial charge in [-0.15, -0.1) is 0 Å². The lowest BCUT2D eigenvalue weighted by atomic mass is 9.99. The van der Waals surface area contributed by atoms with Gasteiger partial charge in [0.05, 0.1) is 24.7 Å². The number of rotatable bonds is 6. The van der Waals surface area contributed by atoms with Crippen LogP contribution in [0.5, 0.6) is 6.01 Å². The van der Waals surface area contributed by atoms with E-state index >= 15 is 0 Å². The van der Waals surface area contributed by atoms with E-state index in [1.165, 1.54) is 27.6 Å². The average Bonchev–Trinajstić information content (AvgIpc) is 3.28. The number of nitriles is 1. The summed E-state index contributed by atoms with van der Waals surface area (Å²) < 4.78 is 20.2. The molecular formula is C31H38FN7O. The van der Waals surface area contributed by atoms with Gasteiger partial charge < -0.3 is 14.5 Å². The zero-order valence-corrected chi connectivity index (χ0v) is 23.7. The van der Waals surface area contributed by atoms with E-state index in [0.29, 0.717) is 38.5 Å². The molecule has 0 bridgehead atoms. The first kappa shape index (κ1) is 26.7. The summed E-state index contributed by atoms with van der Waals surface area (Å²) in [5.41, 5.74) is 4.64. The second kappa shape index (κ2) is 11.2. The fourth-order valence-electron chi connectivity index (χ4n) is 6.53. The molecular weight excluding hydrogens is 505 g/mol. The number of fused-ring (bicyclic) bond motifs is 2. The third-order valence-electron chi connectivity index (χ3n) is 8.90. The number of hydrogen-bond donors (Lipinski definition) is 0. The summed E-state index contributed by atoms with van der Waals surface area (Å²) in [6.07, 6.45) is 0.962. The fraction of sp³-hybridized carbons (Fsp3) is 0.516. The Morgan fingerprint density at radius 1 is 1.00 bits per heavy atom. The molecule has 0 radical (unpaired) electrons. The molecule has 3 aliphatic heterocycles. The van der Waals surface area contributed by atoms with E-state index in [4.69, 9.17) is 14.7 Å². The summed E-state index contributed by atoms with van der Waals surface area (Å²) in [5.74, 6) is 0.924. The minimum atomic E-state index is -0.821. The number of piperazine rings is 1. The first-order valence-electron chi connectivity index (χ1n) is 14.3. The van der Waals surface area contributed by atoms with Crippen molar-refractivity contribution >= 4 is 22.3 Å². The quantitative estimate of drug-likeness (QED) is 0.463. The van der Waals surface area contributed by atoms with Gasteiger partial charge in [0, 0.05) is 61.4 Å². The van der Waals surface area contributed by atoms with E-state index in [2.05, 4.69) is 71.1 Å². The van der Waals surface area contributed by atoms with E-state index in [-0.39, 0.29) is 12.1 Å². The Kier molecular flexibility index (Phi) is 7.47. The van der Waals surface area contributed by atoms with Crippen LogP contribution in [0.4, 0.5) is 15.9 Å². The zero-order chi connectivity index (χ0) is 27.8. The topological polar surface area (TPSA) is 71.8 Å². The maximum Gasteiger partial charge on any atom is 0.318 e. The molecule has 40 heavy (non-hydrogen) atoms. The van der Waals surface area contributed by atoms with Crippen molar-refractivity contribution in [2.45, 2.75) is 51.0 Å². The highest BCUT2D eigenvalue weighted by Crippen LogP contribution is 2.36. The van der Waals surface area contributed by atoms with E-state index in [9.17, 15) is 9.65 Å². The van der Waals surface area contributed by atoms with Crippen LogP contribution in [0.15, 0.2) is 36.4 Å². The monoisotopic (exact) mass is 543 g/mol. The van der Waals surface area contributed by atoms with Crippen molar-refractivity contribution in [1.29, 1.82) is 5.26 Å². The minimum absolute atomic E-state index is 0.0110. The molecule has 0 saturated carbocycles. The van der Waals surface area contributed by atoms with Gasteiger partial charge in [-0.3, -0.25) is 9.80 Å². The fourth-order valence-corrected chi connectivity index (χ4v) is 6.53. The molecule has 2 saturated heterocycles. The Hall–Kier alpha value is -3.48. The van der Waals surface area contributed by atoms with Gasteiger partial charge in [-0.1, -0.05) is 30.3 Å². The number of likely N-dealkylation sites (tertiary alicyclic amines) is 1. The number of benzene rings is 2. The van der Waals surface area contributed by atoms with Crippen molar-refractivity contribution in [3.63, 3.8) is 0 Å². The summed E-state index contributed by atoms with van der Waals surface area (Å²) in [6.45, 7) is 6.95. The number of alkyl halides is 1. The smallest absolute Gasteiger partial charge is 0.318 e. The van der Waals surface area contributed by atoms with E-state index < -0.39 is 6.17 Å². The van der Waals surface area contributed by atoms with Gasteiger partial charge in [0.2, 0.25) is 0 Å². The molecule has 0 N–H and O–H groups in total. The highest BCUT2D eigenvalue weighted by Gasteiger charge is 2.33. The summed E-state index contributed by atoms with van der Waals surface area (Å²) in [6, 6.07) is 15.8. The second-order valence-corrected chi connectivity index (χ2v) is 11.6. The van der Waals surface area contributed by atoms with Crippen molar-refractivity contribution in [2.75, 3.05) is 63.2 Å². The van der Waals surface area contributed by atoms with Crippen LogP contribution < -0.4 is 14.5 Å². The Labute approximate surface area is 236 Å². The van der Waals surface area contributed by atoms with Crippen LogP contribution in [-0.2, 0) is 13.0 Å². The van der Waals surface area contributed by atoms with Gasteiger partial charge >= 0.3 is 6.01 Å². The first-order valence-corrected chi connectivity index (χ1v) is 14.3. The predicted molar refractivity (Wildman–Crippen MR) is 156 cm³/mol. The molecule has 0 spiro atoms. The van der Waals surface area contributed by atoms with Crippen LogP contribution in [0.1, 0.15) is 29.7 Å². The van der Waals surface area contributed by atoms with Gasteiger partial charge in [0.15, 0.2) is 0 Å². The molecule has 1 aromatic heterocycles. The van der Waals surface area contributed by atoms with Crippen LogP contribution in [0.3, 0.4) is 0 Å². The molecule has 0 amide bonds. The number of aromatic nitrogens is 2. The molecule has 4 heterocycles. The van der Waals surface area contributed by atoms with Crippen molar-refractivity contribution in [2.24, 2.45) is 0 Å². The molecule has 6 rings (SSSR count). The summed E-state index contributed by atoms with van der Waals surface area (Å²) in [4.78, 5) is 18.9. The van der Waals surface area contributed by atoms with E-state index in [0.717, 1.165) is 44.1 Å². The van der Waals surface area contributed by atoms with E-state index in [1.54, 1.807) is 0 Å². The molecule has 2 fully saturated rings. The minimum Gasteiger partial charge on any atom is -0.462 e. The lowest BCUT2D eigenvalue weighted by Crippen LogP contribution is -2.52. The van der Waals surface area contributed by atoms with Crippen LogP contribution in [0.25, 0.3) is 10.8 Å². The van der Waals surface area contributed by atoms with Crippen molar-refractivity contribution in [1.82, 2.24) is 19.8 Å². The highest BCUT2D eigenvalue weighted by atomic mass is 19.1. The van der Waals surface area contributed by atoms with Crippen LogP contribution >= 0.6 is 0 Å². The number of halogens is 1. The zero-order valence-electron chi connectivity index (χ0n) is 23.7. The molecule has 210 valence electrons. The number of anilines is 2. The van der Waals surface area contributed by atoms with Crippen LogP contribution in [0.2, 0.25) is 0 Å². The average molecular weight is 544 g/mol. The predicted octanol–water partition coefficient (Wildman–Crippen LogP) is 3.96. The van der Waals surface area contributed by atoms with Crippen molar-refractivity contribution < 1.29 is 9.13 Å². The molecule has 3 aromatic rings. The van der Waals surface area contributed by atoms with Gasteiger partial charge in [-0.25, -0.2) is 4.39 Å². The molecule has 8 nitrogen and oxygen atoms in total. The lowest BCUT2D eigenvalue weighted by Gasteiger charge is -2.41. The number of aryl methyl sites for hydroxylation is 1. The lowest BCUT2D eigenvalue weighted by molar-refractivity contribution is 0.186. The van der Waals surface area contributed by atoms with Gasteiger partial charge in [-0.05, 0) is 50.9 Å². The van der Waals surface area contributed by atoms with Crippen molar-refractivity contribution in [3.05, 3.63) is 53.2 Å². The van der Waals surface area contributed by atoms with Crippen molar-refractivity contribution in [3.8, 4) is 12.1 Å². The summed E-state index contributed by atoms with van der Waals surface area (Å²) in [7, 11) is 4.03. The summed E-state index contributed by atoms with van der Waals surface area (Å²) in [5, 5.41) is 11.9. The van der Waals surface area contributed by atoms with Crippen LogP contribution in [0, 0.1) is 18.3 Å². The first-order chi connectivity index (χ1) is 19.4.